The summed E-state index contributed by atoms with van der Waals surface area (Å²) in [4.78, 5) is 27.8. The molecule has 1 fully saturated rings. The Labute approximate surface area is 187 Å². The topological polar surface area (TPSA) is 97.7 Å². The number of amides is 1. The number of carbonyl (C=O) groups excluding carboxylic acids is 1. The van der Waals surface area contributed by atoms with Crippen molar-refractivity contribution in [3.8, 4) is 11.3 Å². The molecular weight excluding hydrogens is 438 g/mol. The Balaban J connectivity index is 1.57. The van der Waals surface area contributed by atoms with E-state index in [1.807, 2.05) is 13.0 Å². The quantitative estimate of drug-likeness (QED) is 0.296. The maximum absolute atomic E-state index is 12.4. The first kappa shape index (κ1) is 20.9. The molecule has 1 amide bonds. The summed E-state index contributed by atoms with van der Waals surface area (Å²) in [6.45, 7) is 3.65. The molecule has 1 aliphatic heterocycles. The van der Waals surface area contributed by atoms with Crippen molar-refractivity contribution in [2.75, 3.05) is 0 Å². The predicted octanol–water partition coefficient (Wildman–Crippen LogP) is 6.02. The number of rotatable bonds is 4. The summed E-state index contributed by atoms with van der Waals surface area (Å²) in [6, 6.07) is 13.5. The van der Waals surface area contributed by atoms with Gasteiger partial charge in [0.1, 0.15) is 11.5 Å². The highest BCUT2D eigenvalue weighted by Gasteiger charge is 2.24. The van der Waals surface area contributed by atoms with Crippen LogP contribution in [0, 0.1) is 24.0 Å². The van der Waals surface area contributed by atoms with Crippen molar-refractivity contribution in [2.24, 2.45) is 4.99 Å². The van der Waals surface area contributed by atoms with Crippen LogP contribution in [-0.2, 0) is 4.79 Å². The van der Waals surface area contributed by atoms with Crippen LogP contribution in [-0.4, -0.2) is 16.0 Å². The van der Waals surface area contributed by atoms with E-state index in [1.165, 1.54) is 23.9 Å². The van der Waals surface area contributed by atoms with Gasteiger partial charge in [-0.3, -0.25) is 14.9 Å². The lowest BCUT2D eigenvalue weighted by Crippen LogP contribution is -2.19. The number of hydrogen-bond acceptors (Lipinski definition) is 6. The molecule has 0 aliphatic carbocycles. The van der Waals surface area contributed by atoms with E-state index in [-0.39, 0.29) is 11.6 Å². The van der Waals surface area contributed by atoms with Crippen LogP contribution in [0.2, 0.25) is 5.02 Å². The van der Waals surface area contributed by atoms with Gasteiger partial charge in [0.05, 0.1) is 15.5 Å². The summed E-state index contributed by atoms with van der Waals surface area (Å²) in [5, 5.41) is 14.7. The predicted molar refractivity (Wildman–Crippen MR) is 123 cm³/mol. The minimum Gasteiger partial charge on any atom is -0.457 e. The fourth-order valence-electron chi connectivity index (χ4n) is 3.05. The second kappa shape index (κ2) is 8.41. The van der Waals surface area contributed by atoms with Crippen molar-refractivity contribution in [3.63, 3.8) is 0 Å². The Morgan fingerprint density at radius 2 is 2.00 bits per heavy atom. The van der Waals surface area contributed by atoms with E-state index in [0.29, 0.717) is 32.3 Å². The fourth-order valence-corrected chi connectivity index (χ4v) is 4.03. The van der Waals surface area contributed by atoms with Gasteiger partial charge in [-0.05, 0) is 67.1 Å². The molecule has 1 aliphatic rings. The monoisotopic (exact) mass is 453 g/mol. The number of non-ortho nitro benzene ring substituents is 1. The van der Waals surface area contributed by atoms with E-state index >= 15 is 0 Å². The fraction of sp³-hybridized carbons (Fsp3) is 0.0909. The van der Waals surface area contributed by atoms with E-state index < -0.39 is 4.92 Å². The van der Waals surface area contributed by atoms with Gasteiger partial charge in [-0.25, -0.2) is 4.99 Å². The molecule has 7 nitrogen and oxygen atoms in total. The van der Waals surface area contributed by atoms with Crippen molar-refractivity contribution in [1.82, 2.24) is 5.32 Å². The standard InChI is InChI=1S/C22H16ClN3O4S/c1-12-10-14(26(28)29)6-8-16(12)19-9-7-15(30-19)11-20-21(27)25-22(31-20)24-18-5-3-4-17(23)13(18)2/h3-11H,1-2H3,(H,24,25,27)/b20-11-. The highest BCUT2D eigenvalue weighted by atomic mass is 35.5. The molecule has 2 heterocycles. The number of nitro benzene ring substituents is 1. The van der Waals surface area contributed by atoms with Gasteiger partial charge in [-0.15, -0.1) is 0 Å². The second-order valence-corrected chi connectivity index (χ2v) is 8.26. The highest BCUT2D eigenvalue weighted by Crippen LogP contribution is 2.33. The van der Waals surface area contributed by atoms with E-state index in [0.717, 1.165) is 16.7 Å². The van der Waals surface area contributed by atoms with Gasteiger partial charge in [-0.2, -0.15) is 0 Å². The summed E-state index contributed by atoms with van der Waals surface area (Å²) in [5.74, 6) is 0.782. The van der Waals surface area contributed by atoms with E-state index in [9.17, 15) is 14.9 Å². The molecule has 1 N–H and O–H groups in total. The van der Waals surface area contributed by atoms with Gasteiger partial charge in [-0.1, -0.05) is 17.7 Å². The number of carbonyl (C=O) groups is 1. The van der Waals surface area contributed by atoms with Crippen molar-refractivity contribution in [1.29, 1.82) is 0 Å². The number of hydrogen-bond donors (Lipinski definition) is 1. The summed E-state index contributed by atoms with van der Waals surface area (Å²) in [7, 11) is 0. The molecule has 0 atom stereocenters. The van der Waals surface area contributed by atoms with Crippen LogP contribution in [0.4, 0.5) is 11.4 Å². The Morgan fingerprint density at radius 1 is 1.19 bits per heavy atom. The molecule has 0 bridgehead atoms. The van der Waals surface area contributed by atoms with E-state index in [1.54, 1.807) is 43.3 Å². The van der Waals surface area contributed by atoms with Crippen molar-refractivity contribution < 1.29 is 14.1 Å². The summed E-state index contributed by atoms with van der Waals surface area (Å²) < 4.78 is 5.85. The van der Waals surface area contributed by atoms with Gasteiger partial charge < -0.3 is 9.73 Å². The number of thioether (sulfide) groups is 1. The zero-order valence-corrected chi connectivity index (χ0v) is 18.1. The molecule has 0 saturated carbocycles. The van der Waals surface area contributed by atoms with Gasteiger partial charge in [0, 0.05) is 28.8 Å². The largest absolute Gasteiger partial charge is 0.457 e. The third-order valence-corrected chi connectivity index (χ3v) is 6.02. The Morgan fingerprint density at radius 3 is 2.74 bits per heavy atom. The SMILES string of the molecule is Cc1cc([N+](=O)[O-])ccc1-c1ccc(/C=C2\SC(=Nc3cccc(Cl)c3C)NC2=O)o1. The number of nitro groups is 1. The number of nitrogens with zero attached hydrogens (tertiary/aromatic N) is 2. The number of aryl methyl sites for hydroxylation is 1. The lowest BCUT2D eigenvalue weighted by molar-refractivity contribution is -0.384. The van der Waals surface area contributed by atoms with Crippen LogP contribution in [0.1, 0.15) is 16.9 Å². The minimum atomic E-state index is -0.436. The third kappa shape index (κ3) is 4.40. The number of nitrogens with one attached hydrogen (secondary N) is 1. The zero-order chi connectivity index (χ0) is 22.1. The molecule has 0 radical (unpaired) electrons. The number of aliphatic imine (C=N–C) groups is 1. The number of halogens is 1. The minimum absolute atomic E-state index is 0.0240. The average Bonchev–Trinajstić information content (AvgIpc) is 3.32. The second-order valence-electron chi connectivity index (χ2n) is 6.82. The summed E-state index contributed by atoms with van der Waals surface area (Å²) in [6.07, 6.45) is 1.64. The van der Waals surface area contributed by atoms with Crippen molar-refractivity contribution >= 4 is 51.9 Å². The molecule has 1 aromatic heterocycles. The smallest absolute Gasteiger partial charge is 0.269 e. The molecule has 0 spiro atoms. The van der Waals surface area contributed by atoms with Crippen LogP contribution in [0.25, 0.3) is 17.4 Å². The van der Waals surface area contributed by atoms with Crippen LogP contribution in [0.15, 0.2) is 62.8 Å². The van der Waals surface area contributed by atoms with E-state index in [2.05, 4.69) is 10.3 Å². The average molecular weight is 454 g/mol. The van der Waals surface area contributed by atoms with Gasteiger partial charge in [0.15, 0.2) is 5.17 Å². The first-order valence-electron chi connectivity index (χ1n) is 9.22. The van der Waals surface area contributed by atoms with Crippen LogP contribution >= 0.6 is 23.4 Å². The molecule has 2 aromatic carbocycles. The van der Waals surface area contributed by atoms with E-state index in [4.69, 9.17) is 16.0 Å². The molecular formula is C22H16ClN3O4S. The molecule has 156 valence electrons. The molecule has 31 heavy (non-hydrogen) atoms. The summed E-state index contributed by atoms with van der Waals surface area (Å²) in [5.41, 5.74) is 3.01. The Bertz CT molecular complexity index is 1280. The first-order chi connectivity index (χ1) is 14.8. The lowest BCUT2D eigenvalue weighted by Gasteiger charge is -2.02. The summed E-state index contributed by atoms with van der Waals surface area (Å²) >= 11 is 7.34. The third-order valence-electron chi connectivity index (χ3n) is 4.70. The van der Waals surface area contributed by atoms with Crippen LogP contribution in [0.5, 0.6) is 0 Å². The Hall–Kier alpha value is -3.36. The van der Waals surface area contributed by atoms with Crippen LogP contribution in [0.3, 0.4) is 0 Å². The number of benzene rings is 2. The van der Waals surface area contributed by atoms with Gasteiger partial charge in [0.2, 0.25) is 0 Å². The van der Waals surface area contributed by atoms with Crippen molar-refractivity contribution in [3.05, 3.63) is 85.5 Å². The first-order valence-corrected chi connectivity index (χ1v) is 10.4. The zero-order valence-electron chi connectivity index (χ0n) is 16.5. The molecule has 0 unspecified atom stereocenters. The molecule has 4 rings (SSSR count). The normalized spacial score (nSPS) is 16.2. The molecule has 9 heteroatoms. The molecule has 3 aromatic rings. The lowest BCUT2D eigenvalue weighted by atomic mass is 10.1. The van der Waals surface area contributed by atoms with Gasteiger partial charge in [0.25, 0.3) is 11.6 Å². The van der Waals surface area contributed by atoms with Gasteiger partial charge >= 0.3 is 0 Å². The Kier molecular flexibility index (Phi) is 5.67. The molecule has 1 saturated heterocycles. The maximum atomic E-state index is 12.4. The number of amidine groups is 1. The highest BCUT2D eigenvalue weighted by molar-refractivity contribution is 8.18. The maximum Gasteiger partial charge on any atom is 0.269 e. The van der Waals surface area contributed by atoms with Crippen LogP contribution < -0.4 is 5.32 Å². The van der Waals surface area contributed by atoms with Crippen molar-refractivity contribution in [2.45, 2.75) is 13.8 Å². The number of furan rings is 1.